The molecule has 0 amide bonds. The number of allylic oxidation sites excluding steroid dienone is 1. The third-order valence-electron chi connectivity index (χ3n) is 7.68. The summed E-state index contributed by atoms with van der Waals surface area (Å²) in [5.41, 5.74) is 1.57. The van der Waals surface area contributed by atoms with Crippen molar-refractivity contribution in [3.05, 3.63) is 79.6 Å². The summed E-state index contributed by atoms with van der Waals surface area (Å²) in [7, 11) is 1.24. The molecule has 0 radical (unpaired) electrons. The molecule has 2 N–H and O–H groups in total. The number of aliphatic carboxylic acids is 1. The van der Waals surface area contributed by atoms with E-state index in [1.54, 1.807) is 11.6 Å². The van der Waals surface area contributed by atoms with Gasteiger partial charge in [-0.05, 0) is 31.7 Å². The Hall–Kier alpha value is -3.64. The van der Waals surface area contributed by atoms with E-state index in [2.05, 4.69) is 20.3 Å². The first-order valence-corrected chi connectivity index (χ1v) is 13.9. The van der Waals surface area contributed by atoms with Gasteiger partial charge in [0.2, 0.25) is 0 Å². The van der Waals surface area contributed by atoms with Crippen molar-refractivity contribution in [2.45, 2.75) is 44.1 Å². The topological polar surface area (TPSA) is 127 Å². The minimum absolute atomic E-state index is 0.0358. The predicted molar refractivity (Wildman–Crippen MR) is 140 cm³/mol. The first kappa shape index (κ1) is 26.6. The van der Waals surface area contributed by atoms with Gasteiger partial charge in [-0.15, -0.1) is 11.3 Å². The molecular formula is C27H23ClF2N4O5S. The second-order valence-electron chi connectivity index (χ2n) is 9.99. The molecule has 2 atom stereocenters. The number of aliphatic imine (C=N–C) groups is 1. The van der Waals surface area contributed by atoms with Crippen LogP contribution in [0, 0.1) is 23.5 Å². The van der Waals surface area contributed by atoms with Crippen LogP contribution in [0.15, 0.2) is 44.4 Å². The summed E-state index contributed by atoms with van der Waals surface area (Å²) >= 11 is 7.57. The quantitative estimate of drug-likeness (QED) is 0.305. The standard InChI is InChI=1S/C27H23ClF2N4O5S/c1-38-27(37)18-21(11-2-5-16-17(10-11)39-24(32-16)12-8-13(9-12)26(35)36)33-23(25-31-6-7-40-25)34-22(18)14-3-4-15(29)20(30)19(14)28/h3-4,6-7,11-13,22H,2,5,8-10H2,1H3,(H,33,34)(H,35,36)/t11?,12-,13-,22?. The van der Waals surface area contributed by atoms with E-state index in [0.717, 1.165) is 11.8 Å². The number of rotatable bonds is 6. The number of oxazole rings is 1. The number of fused-ring (bicyclic) bond motifs is 1. The molecule has 0 saturated heterocycles. The summed E-state index contributed by atoms with van der Waals surface area (Å²) in [5.74, 6) is -2.95. The Morgan fingerprint density at radius 3 is 2.75 bits per heavy atom. The molecule has 1 aliphatic heterocycles. The molecule has 2 aromatic heterocycles. The third-order valence-corrected chi connectivity index (χ3v) is 8.84. The van der Waals surface area contributed by atoms with Crippen molar-refractivity contribution in [1.82, 2.24) is 15.3 Å². The van der Waals surface area contributed by atoms with Crippen LogP contribution in [0.1, 0.15) is 59.1 Å². The van der Waals surface area contributed by atoms with Gasteiger partial charge in [0.05, 0.1) is 29.3 Å². The zero-order valence-corrected chi connectivity index (χ0v) is 22.7. The molecule has 9 nitrogen and oxygen atoms in total. The van der Waals surface area contributed by atoms with E-state index in [-0.39, 0.29) is 28.9 Å². The minimum atomic E-state index is -1.23. The molecular weight excluding hydrogens is 566 g/mol. The number of hydrogen-bond acceptors (Lipinski definition) is 9. The number of carbonyl (C=O) groups excluding carboxylic acids is 1. The van der Waals surface area contributed by atoms with Crippen molar-refractivity contribution in [2.24, 2.45) is 16.8 Å². The van der Waals surface area contributed by atoms with Gasteiger partial charge >= 0.3 is 11.9 Å². The van der Waals surface area contributed by atoms with Crippen molar-refractivity contribution in [3.8, 4) is 0 Å². The molecule has 6 rings (SSSR count). The van der Waals surface area contributed by atoms with Crippen LogP contribution in [0.5, 0.6) is 0 Å². The molecule has 208 valence electrons. The van der Waals surface area contributed by atoms with Gasteiger partial charge in [0.1, 0.15) is 11.8 Å². The summed E-state index contributed by atoms with van der Waals surface area (Å²) in [6.07, 6.45) is 4.17. The SMILES string of the molecule is COC(=O)C1=C(C2CCc3nc([C@H]4C[C@H](C(=O)O)C4)oc3C2)NC(c2nccs2)=NC1c1ccc(F)c(F)c1Cl. The number of nitrogens with one attached hydrogen (secondary N) is 1. The second-order valence-corrected chi connectivity index (χ2v) is 11.3. The smallest absolute Gasteiger partial charge is 0.338 e. The van der Waals surface area contributed by atoms with Crippen molar-refractivity contribution in [1.29, 1.82) is 0 Å². The fourth-order valence-corrected chi connectivity index (χ4v) is 6.33. The number of hydrogen-bond donors (Lipinski definition) is 2. The fraction of sp³-hybridized carbons (Fsp3) is 0.370. The molecule has 0 bridgehead atoms. The zero-order chi connectivity index (χ0) is 28.1. The number of halogens is 3. The van der Waals surface area contributed by atoms with Gasteiger partial charge in [-0.3, -0.25) is 9.79 Å². The highest BCUT2D eigenvalue weighted by Crippen LogP contribution is 2.44. The Morgan fingerprint density at radius 1 is 1.25 bits per heavy atom. The van der Waals surface area contributed by atoms with E-state index in [4.69, 9.17) is 20.8 Å². The maximum Gasteiger partial charge on any atom is 0.338 e. The number of carboxylic acids is 1. The lowest BCUT2D eigenvalue weighted by Crippen LogP contribution is -2.38. The molecule has 1 saturated carbocycles. The van der Waals surface area contributed by atoms with Crippen LogP contribution >= 0.6 is 22.9 Å². The highest BCUT2D eigenvalue weighted by atomic mass is 35.5. The number of thiazole rings is 1. The largest absolute Gasteiger partial charge is 0.481 e. The summed E-state index contributed by atoms with van der Waals surface area (Å²) in [6, 6.07) is 1.18. The van der Waals surface area contributed by atoms with Crippen molar-refractivity contribution in [2.75, 3.05) is 7.11 Å². The highest BCUT2D eigenvalue weighted by Gasteiger charge is 2.41. The number of ether oxygens (including phenoxy) is 1. The average molecular weight is 589 g/mol. The van der Waals surface area contributed by atoms with E-state index >= 15 is 0 Å². The van der Waals surface area contributed by atoms with Crippen molar-refractivity contribution < 1.29 is 32.6 Å². The monoisotopic (exact) mass is 588 g/mol. The second kappa shape index (κ2) is 10.4. The van der Waals surface area contributed by atoms with Crippen LogP contribution in [0.3, 0.4) is 0 Å². The average Bonchev–Trinajstić information content (AvgIpc) is 3.60. The number of aryl methyl sites for hydroxylation is 1. The lowest BCUT2D eigenvalue weighted by Gasteiger charge is -2.32. The molecule has 3 aromatic rings. The molecule has 2 unspecified atom stereocenters. The molecule has 2 aliphatic carbocycles. The van der Waals surface area contributed by atoms with Gasteiger partial charge in [-0.2, -0.15) is 0 Å². The number of amidine groups is 1. The van der Waals surface area contributed by atoms with Crippen LogP contribution < -0.4 is 5.32 Å². The highest BCUT2D eigenvalue weighted by molar-refractivity contribution is 7.11. The Bertz CT molecular complexity index is 1560. The van der Waals surface area contributed by atoms with Crippen LogP contribution in [-0.2, 0) is 27.2 Å². The first-order valence-electron chi connectivity index (χ1n) is 12.7. The van der Waals surface area contributed by atoms with Gasteiger partial charge in [0, 0.05) is 41.1 Å². The normalized spacial score (nSPS) is 24.1. The van der Waals surface area contributed by atoms with Crippen LogP contribution in [0.25, 0.3) is 0 Å². The van der Waals surface area contributed by atoms with Crippen LogP contribution in [0.2, 0.25) is 5.02 Å². The molecule has 0 spiro atoms. The molecule has 3 heterocycles. The summed E-state index contributed by atoms with van der Waals surface area (Å²) < 4.78 is 39.7. The van der Waals surface area contributed by atoms with Crippen LogP contribution in [-0.4, -0.2) is 40.0 Å². The zero-order valence-electron chi connectivity index (χ0n) is 21.1. The molecule has 1 aromatic carbocycles. The van der Waals surface area contributed by atoms with E-state index < -0.39 is 34.6 Å². The van der Waals surface area contributed by atoms with E-state index in [0.29, 0.717) is 60.3 Å². The molecule has 40 heavy (non-hydrogen) atoms. The number of methoxy groups -OCH3 is 1. The van der Waals surface area contributed by atoms with Gasteiger partial charge in [0.15, 0.2) is 28.4 Å². The maximum atomic E-state index is 14.5. The van der Waals surface area contributed by atoms with E-state index in [9.17, 15) is 23.5 Å². The molecule has 1 fully saturated rings. The molecule has 13 heteroatoms. The van der Waals surface area contributed by atoms with Gasteiger partial charge in [-0.1, -0.05) is 17.7 Å². The first-order chi connectivity index (χ1) is 19.2. The minimum Gasteiger partial charge on any atom is -0.481 e. The lowest BCUT2D eigenvalue weighted by molar-refractivity contribution is -0.145. The lowest BCUT2D eigenvalue weighted by atomic mass is 9.75. The summed E-state index contributed by atoms with van der Waals surface area (Å²) in [4.78, 5) is 38.1. The molecule has 3 aliphatic rings. The number of benzene rings is 1. The van der Waals surface area contributed by atoms with Crippen molar-refractivity contribution >= 4 is 40.7 Å². The number of nitrogens with zero attached hydrogens (tertiary/aromatic N) is 3. The summed E-state index contributed by atoms with van der Waals surface area (Å²) in [5, 5.41) is 14.3. The number of carboxylic acid groups (broad SMARTS) is 1. The van der Waals surface area contributed by atoms with E-state index in [1.165, 1.54) is 24.5 Å². The maximum absolute atomic E-state index is 14.5. The van der Waals surface area contributed by atoms with Crippen LogP contribution in [0.4, 0.5) is 8.78 Å². The van der Waals surface area contributed by atoms with Gasteiger partial charge in [0.25, 0.3) is 0 Å². The van der Waals surface area contributed by atoms with Gasteiger partial charge < -0.3 is 19.6 Å². The third kappa shape index (κ3) is 4.58. The number of aromatic nitrogens is 2. The Morgan fingerprint density at radius 2 is 2.05 bits per heavy atom. The van der Waals surface area contributed by atoms with E-state index in [1.807, 2.05) is 0 Å². The summed E-state index contributed by atoms with van der Waals surface area (Å²) in [6.45, 7) is 0. The number of esters is 1. The Balaban J connectivity index is 1.39. The van der Waals surface area contributed by atoms with Crippen molar-refractivity contribution in [3.63, 3.8) is 0 Å². The Labute approximate surface area is 235 Å². The predicted octanol–water partition coefficient (Wildman–Crippen LogP) is 4.96. The number of carbonyl (C=O) groups is 2. The Kier molecular flexibility index (Phi) is 6.91. The fourth-order valence-electron chi connectivity index (χ4n) is 5.48. The van der Waals surface area contributed by atoms with Gasteiger partial charge in [-0.25, -0.2) is 23.5 Å².